The lowest BCUT2D eigenvalue weighted by Crippen LogP contribution is -2.55. The lowest BCUT2D eigenvalue weighted by Gasteiger charge is -2.37. The molecule has 1 aliphatic heterocycles. The number of halogens is 3. The number of likely N-dealkylation sites (N-methyl/N-ethyl adjacent to an activating group) is 1. The molecule has 0 radical (unpaired) electrons. The minimum Gasteiger partial charge on any atom is -0.343 e. The Morgan fingerprint density at radius 3 is 2.24 bits per heavy atom. The van der Waals surface area contributed by atoms with Gasteiger partial charge in [0.25, 0.3) is 0 Å². The van der Waals surface area contributed by atoms with Crippen molar-refractivity contribution in [3.05, 3.63) is 29.8 Å². The number of rotatable bonds is 6. The van der Waals surface area contributed by atoms with Crippen molar-refractivity contribution in [2.75, 3.05) is 39.8 Å². The minimum atomic E-state index is -4.53. The summed E-state index contributed by atoms with van der Waals surface area (Å²) in [4.78, 5) is 15.5. The summed E-state index contributed by atoms with van der Waals surface area (Å²) in [6.07, 6.45) is -4.30. The van der Waals surface area contributed by atoms with Crippen LogP contribution in [0.15, 0.2) is 29.2 Å². The average molecular weight is 432 g/mol. The third-order valence-corrected chi connectivity index (χ3v) is 6.85. The highest BCUT2D eigenvalue weighted by atomic mass is 32.2. The van der Waals surface area contributed by atoms with Gasteiger partial charge in [-0.15, -0.1) is 0 Å². The van der Waals surface area contributed by atoms with Crippen molar-refractivity contribution in [3.63, 3.8) is 0 Å². The fraction of sp³-hybridized carbons (Fsp3) is 0.556. The average Bonchev–Trinajstić information content (AvgIpc) is 2.70. The smallest absolute Gasteiger partial charge is 0.343 e. The molecule has 0 bridgehead atoms. The van der Waals surface area contributed by atoms with E-state index in [2.05, 4.69) is 0 Å². The summed E-state index contributed by atoms with van der Waals surface area (Å²) in [5.74, 6) is -0.153. The molecule has 1 aromatic carbocycles. The molecule has 1 atom stereocenters. The fourth-order valence-corrected chi connectivity index (χ4v) is 4.52. The van der Waals surface area contributed by atoms with Crippen LogP contribution in [-0.2, 0) is 21.0 Å². The summed E-state index contributed by atoms with van der Waals surface area (Å²) >= 11 is 0. The summed E-state index contributed by atoms with van der Waals surface area (Å²) in [5.41, 5.74) is -0.908. The maximum Gasteiger partial charge on any atom is 0.416 e. The van der Waals surface area contributed by atoms with E-state index in [1.54, 1.807) is 14.0 Å². The van der Waals surface area contributed by atoms with Gasteiger partial charge in [-0.3, -0.25) is 9.69 Å². The topological polar surface area (TPSA) is 84.7 Å². The van der Waals surface area contributed by atoms with E-state index in [4.69, 9.17) is 5.26 Å². The first-order chi connectivity index (χ1) is 13.5. The van der Waals surface area contributed by atoms with Crippen LogP contribution in [0.1, 0.15) is 18.9 Å². The molecule has 160 valence electrons. The lowest BCUT2D eigenvalue weighted by atomic mass is 10.2. The quantitative estimate of drug-likeness (QED) is 0.684. The van der Waals surface area contributed by atoms with E-state index in [1.165, 1.54) is 9.21 Å². The maximum absolute atomic E-state index is 12.7. The first kappa shape index (κ1) is 23.1. The van der Waals surface area contributed by atoms with E-state index in [9.17, 15) is 26.4 Å². The van der Waals surface area contributed by atoms with Gasteiger partial charge in [-0.2, -0.15) is 22.7 Å². The standard InChI is InChI=1S/C18H23F3N4O3S/c1-14(17(26)23(2)9-3-8-22)24-10-12-25(13-11-24)29(27,28)16-6-4-15(5-7-16)18(19,20)21/h4-7,14H,3,9-13H2,1-2H3. The van der Waals surface area contributed by atoms with Crippen molar-refractivity contribution in [2.24, 2.45) is 0 Å². The van der Waals surface area contributed by atoms with Crippen molar-refractivity contribution < 1.29 is 26.4 Å². The van der Waals surface area contributed by atoms with Crippen LogP contribution in [0.25, 0.3) is 0 Å². The molecule has 0 N–H and O–H groups in total. The Kier molecular flexibility index (Phi) is 7.26. The molecule has 0 spiro atoms. The van der Waals surface area contributed by atoms with E-state index in [0.717, 1.165) is 24.3 Å². The van der Waals surface area contributed by atoms with Gasteiger partial charge < -0.3 is 4.90 Å². The molecule has 0 aromatic heterocycles. The Labute approximate surface area is 168 Å². The highest BCUT2D eigenvalue weighted by molar-refractivity contribution is 7.89. The van der Waals surface area contributed by atoms with Gasteiger partial charge >= 0.3 is 6.18 Å². The zero-order chi connectivity index (χ0) is 21.8. The summed E-state index contributed by atoms with van der Waals surface area (Å²) in [6, 6.07) is 4.94. The maximum atomic E-state index is 12.7. The van der Waals surface area contributed by atoms with E-state index < -0.39 is 27.8 Å². The van der Waals surface area contributed by atoms with Gasteiger partial charge in [0, 0.05) is 39.8 Å². The summed E-state index contributed by atoms with van der Waals surface area (Å²) < 4.78 is 64.6. The summed E-state index contributed by atoms with van der Waals surface area (Å²) in [5, 5.41) is 8.62. The van der Waals surface area contributed by atoms with Crippen molar-refractivity contribution >= 4 is 15.9 Å². The molecule has 1 unspecified atom stereocenters. The molecule has 1 aromatic rings. The first-order valence-electron chi connectivity index (χ1n) is 9.02. The molecule has 2 rings (SSSR count). The Morgan fingerprint density at radius 2 is 1.76 bits per heavy atom. The van der Waals surface area contributed by atoms with Crippen molar-refractivity contribution in [1.82, 2.24) is 14.1 Å². The third-order valence-electron chi connectivity index (χ3n) is 4.93. The predicted octanol–water partition coefficient (Wildman–Crippen LogP) is 1.77. The van der Waals surface area contributed by atoms with Crippen molar-refractivity contribution in [3.8, 4) is 6.07 Å². The predicted molar refractivity (Wildman–Crippen MR) is 99.1 cm³/mol. The zero-order valence-corrected chi connectivity index (χ0v) is 17.0. The molecule has 0 aliphatic carbocycles. The highest BCUT2D eigenvalue weighted by Crippen LogP contribution is 2.30. The molecule has 7 nitrogen and oxygen atoms in total. The van der Waals surface area contributed by atoms with Gasteiger partial charge in [0.2, 0.25) is 15.9 Å². The van der Waals surface area contributed by atoms with Gasteiger partial charge in [0.05, 0.1) is 29.0 Å². The Hall–Kier alpha value is -2.16. The number of nitriles is 1. The van der Waals surface area contributed by atoms with E-state index in [1.807, 2.05) is 11.0 Å². The number of hydrogen-bond donors (Lipinski definition) is 0. The minimum absolute atomic E-state index is 0.128. The number of piperazine rings is 1. The number of carbonyl (C=O) groups excluding carboxylic acids is 1. The Bertz CT molecular complexity index is 858. The number of hydrogen-bond acceptors (Lipinski definition) is 5. The monoisotopic (exact) mass is 432 g/mol. The van der Waals surface area contributed by atoms with Crippen molar-refractivity contribution in [1.29, 1.82) is 5.26 Å². The number of sulfonamides is 1. The molecular formula is C18H23F3N4O3S. The van der Waals surface area contributed by atoms with Crippen LogP contribution >= 0.6 is 0 Å². The second-order valence-electron chi connectivity index (χ2n) is 6.81. The highest BCUT2D eigenvalue weighted by Gasteiger charge is 2.34. The number of amides is 1. The summed E-state index contributed by atoms with van der Waals surface area (Å²) in [7, 11) is -2.30. The normalized spacial score (nSPS) is 17.5. The van der Waals surface area contributed by atoms with Crippen LogP contribution < -0.4 is 0 Å². The van der Waals surface area contributed by atoms with Gasteiger partial charge in [-0.1, -0.05) is 0 Å². The number of benzene rings is 1. The molecular weight excluding hydrogens is 409 g/mol. The second-order valence-corrected chi connectivity index (χ2v) is 8.74. The molecule has 11 heteroatoms. The van der Waals surface area contributed by atoms with Gasteiger partial charge in [-0.25, -0.2) is 8.42 Å². The largest absolute Gasteiger partial charge is 0.416 e. The third kappa shape index (κ3) is 5.46. The first-order valence-corrected chi connectivity index (χ1v) is 10.5. The van der Waals surface area contributed by atoms with Crippen LogP contribution in [-0.4, -0.2) is 74.2 Å². The molecule has 29 heavy (non-hydrogen) atoms. The van der Waals surface area contributed by atoms with Crippen LogP contribution in [0.5, 0.6) is 0 Å². The number of nitrogens with zero attached hydrogens (tertiary/aromatic N) is 4. The zero-order valence-electron chi connectivity index (χ0n) is 16.2. The molecule has 1 saturated heterocycles. The number of alkyl halides is 3. The van der Waals surface area contributed by atoms with Crippen LogP contribution in [0, 0.1) is 11.3 Å². The van der Waals surface area contributed by atoms with E-state index >= 15 is 0 Å². The molecule has 1 fully saturated rings. The number of carbonyl (C=O) groups is 1. The SMILES string of the molecule is CC(C(=O)N(C)CCC#N)N1CCN(S(=O)(=O)c2ccc(C(F)(F)F)cc2)CC1. The Morgan fingerprint density at radius 1 is 1.21 bits per heavy atom. The summed E-state index contributed by atoms with van der Waals surface area (Å²) in [6.45, 7) is 2.94. The molecule has 0 saturated carbocycles. The lowest BCUT2D eigenvalue weighted by molar-refractivity contribution is -0.137. The van der Waals surface area contributed by atoms with Gasteiger partial charge in [0.1, 0.15) is 0 Å². The van der Waals surface area contributed by atoms with Gasteiger partial charge in [-0.05, 0) is 31.2 Å². The molecule has 1 heterocycles. The van der Waals surface area contributed by atoms with Crippen LogP contribution in [0.3, 0.4) is 0 Å². The van der Waals surface area contributed by atoms with E-state index in [0.29, 0.717) is 19.6 Å². The van der Waals surface area contributed by atoms with Crippen LogP contribution in [0.4, 0.5) is 13.2 Å². The van der Waals surface area contributed by atoms with Gasteiger partial charge in [0.15, 0.2) is 0 Å². The fourth-order valence-electron chi connectivity index (χ4n) is 3.10. The van der Waals surface area contributed by atoms with Crippen LogP contribution in [0.2, 0.25) is 0 Å². The second kappa shape index (κ2) is 9.11. The van der Waals surface area contributed by atoms with Crippen molar-refractivity contribution in [2.45, 2.75) is 30.5 Å². The molecule has 1 amide bonds. The molecule has 1 aliphatic rings. The Balaban J connectivity index is 2.00. The van der Waals surface area contributed by atoms with E-state index in [-0.39, 0.29) is 30.3 Å².